The molecule has 0 aliphatic rings. The van der Waals surface area contributed by atoms with Crippen LogP contribution in [0.4, 0.5) is 26.0 Å². The number of anilines is 3. The van der Waals surface area contributed by atoms with Gasteiger partial charge in [0.25, 0.3) is 0 Å². The van der Waals surface area contributed by atoms with Gasteiger partial charge in [0.05, 0.1) is 21.4 Å². The molecule has 8 heteroatoms. The molecular weight excluding hydrogens is 336 g/mol. The van der Waals surface area contributed by atoms with Crippen molar-refractivity contribution < 1.29 is 18.7 Å². The number of nitrogens with one attached hydrogen (secondary N) is 1. The molecule has 4 N–H and O–H groups in total. The normalized spacial score (nSPS) is 10.3. The van der Waals surface area contributed by atoms with Crippen LogP contribution in [0.2, 0.25) is 0 Å². The Morgan fingerprint density at radius 3 is 2.70 bits per heavy atom. The number of rotatable bonds is 3. The van der Waals surface area contributed by atoms with Gasteiger partial charge < -0.3 is 16.2 Å². The van der Waals surface area contributed by atoms with Crippen LogP contribution in [-0.4, -0.2) is 16.1 Å². The van der Waals surface area contributed by atoms with Crippen molar-refractivity contribution in [2.24, 2.45) is 0 Å². The van der Waals surface area contributed by atoms with E-state index in [9.17, 15) is 13.6 Å². The zero-order valence-corrected chi connectivity index (χ0v) is 11.4. The standard InChI is InChI=1S/C12H8BrF2N3O2/c13-6-3-8(15)9(4-7(6)14)18-11-10(16)5(12(19)20)1-2-17-11/h1-4H,16H2,(H,17,18)(H,19,20). The first-order chi connectivity index (χ1) is 9.40. The van der Waals surface area contributed by atoms with E-state index in [0.29, 0.717) is 0 Å². The first-order valence-electron chi connectivity index (χ1n) is 5.29. The lowest BCUT2D eigenvalue weighted by Gasteiger charge is -2.11. The number of halogens is 3. The number of nitrogen functional groups attached to an aromatic ring is 1. The summed E-state index contributed by atoms with van der Waals surface area (Å²) in [7, 11) is 0. The molecule has 104 valence electrons. The molecule has 1 aromatic heterocycles. The fourth-order valence-corrected chi connectivity index (χ4v) is 1.82. The van der Waals surface area contributed by atoms with Crippen molar-refractivity contribution in [1.82, 2.24) is 4.98 Å². The fraction of sp³-hybridized carbons (Fsp3) is 0. The maximum Gasteiger partial charge on any atom is 0.337 e. The number of carbonyl (C=O) groups is 1. The Labute approximate surface area is 120 Å². The van der Waals surface area contributed by atoms with Crippen LogP contribution in [0, 0.1) is 11.6 Å². The highest BCUT2D eigenvalue weighted by Gasteiger charge is 2.15. The van der Waals surface area contributed by atoms with Gasteiger partial charge in [-0.2, -0.15) is 0 Å². The lowest BCUT2D eigenvalue weighted by Crippen LogP contribution is -2.07. The van der Waals surface area contributed by atoms with E-state index in [1.807, 2.05) is 0 Å². The Balaban J connectivity index is 2.43. The largest absolute Gasteiger partial charge is 0.478 e. The van der Waals surface area contributed by atoms with Crippen molar-refractivity contribution in [1.29, 1.82) is 0 Å². The van der Waals surface area contributed by atoms with Crippen LogP contribution in [0.5, 0.6) is 0 Å². The molecule has 0 fully saturated rings. The number of nitrogens with zero attached hydrogens (tertiary/aromatic N) is 1. The highest BCUT2D eigenvalue weighted by molar-refractivity contribution is 9.10. The third kappa shape index (κ3) is 2.69. The molecule has 0 saturated carbocycles. The van der Waals surface area contributed by atoms with Gasteiger partial charge in [0.2, 0.25) is 0 Å². The smallest absolute Gasteiger partial charge is 0.337 e. The molecule has 0 saturated heterocycles. The number of benzene rings is 1. The minimum atomic E-state index is -1.24. The van der Waals surface area contributed by atoms with Crippen LogP contribution in [0.25, 0.3) is 0 Å². The zero-order chi connectivity index (χ0) is 14.9. The third-order valence-corrected chi connectivity index (χ3v) is 3.09. The summed E-state index contributed by atoms with van der Waals surface area (Å²) in [5, 5.41) is 11.4. The summed E-state index contributed by atoms with van der Waals surface area (Å²) in [5.74, 6) is -2.72. The van der Waals surface area contributed by atoms with E-state index in [2.05, 4.69) is 26.2 Å². The Morgan fingerprint density at radius 1 is 1.35 bits per heavy atom. The number of aromatic nitrogens is 1. The molecule has 2 rings (SSSR count). The number of carboxylic acids is 1. The summed E-state index contributed by atoms with van der Waals surface area (Å²) in [6.07, 6.45) is 1.20. The maximum atomic E-state index is 13.7. The first-order valence-corrected chi connectivity index (χ1v) is 6.08. The molecule has 1 heterocycles. The number of nitrogens with two attached hydrogens (primary N) is 1. The zero-order valence-electron chi connectivity index (χ0n) is 9.82. The van der Waals surface area contributed by atoms with Crippen LogP contribution in [-0.2, 0) is 0 Å². The second kappa shape index (κ2) is 5.41. The molecule has 20 heavy (non-hydrogen) atoms. The van der Waals surface area contributed by atoms with Crippen LogP contribution in [0.15, 0.2) is 28.9 Å². The van der Waals surface area contributed by atoms with Gasteiger partial charge >= 0.3 is 5.97 Å². The van der Waals surface area contributed by atoms with E-state index in [0.717, 1.165) is 12.1 Å². The molecule has 0 aliphatic carbocycles. The average molecular weight is 344 g/mol. The molecule has 1 aromatic carbocycles. The molecular formula is C12H8BrF2N3O2. The topological polar surface area (TPSA) is 88.2 Å². The van der Waals surface area contributed by atoms with Gasteiger partial charge in [-0.1, -0.05) is 0 Å². The molecule has 0 bridgehead atoms. The second-order valence-electron chi connectivity index (χ2n) is 3.80. The minimum Gasteiger partial charge on any atom is -0.478 e. The Morgan fingerprint density at radius 2 is 2.05 bits per heavy atom. The molecule has 5 nitrogen and oxygen atoms in total. The molecule has 0 aliphatic heterocycles. The van der Waals surface area contributed by atoms with Crippen molar-refractivity contribution in [2.45, 2.75) is 0 Å². The van der Waals surface area contributed by atoms with E-state index in [4.69, 9.17) is 10.8 Å². The summed E-state index contributed by atoms with van der Waals surface area (Å²) < 4.78 is 27.0. The van der Waals surface area contributed by atoms with Crippen LogP contribution >= 0.6 is 15.9 Å². The number of aromatic carboxylic acids is 1. The predicted octanol–water partition coefficient (Wildman–Crippen LogP) is 3.15. The minimum absolute atomic E-state index is 0.0271. The van der Waals surface area contributed by atoms with Gasteiger partial charge in [-0.25, -0.2) is 18.6 Å². The van der Waals surface area contributed by atoms with Gasteiger partial charge in [0.15, 0.2) is 5.82 Å². The van der Waals surface area contributed by atoms with E-state index in [-0.39, 0.29) is 27.2 Å². The van der Waals surface area contributed by atoms with Gasteiger partial charge in [0.1, 0.15) is 11.6 Å². The van der Waals surface area contributed by atoms with Crippen LogP contribution < -0.4 is 11.1 Å². The van der Waals surface area contributed by atoms with Gasteiger partial charge in [0, 0.05) is 12.3 Å². The molecule has 0 unspecified atom stereocenters. The number of pyridine rings is 1. The van der Waals surface area contributed by atoms with E-state index >= 15 is 0 Å². The summed E-state index contributed by atoms with van der Waals surface area (Å²) in [4.78, 5) is 14.7. The molecule has 0 spiro atoms. The molecule has 2 aromatic rings. The summed E-state index contributed by atoms with van der Waals surface area (Å²) in [5.41, 5.74) is 5.07. The number of hydrogen-bond donors (Lipinski definition) is 3. The summed E-state index contributed by atoms with van der Waals surface area (Å²) >= 11 is 2.85. The van der Waals surface area contributed by atoms with E-state index in [1.54, 1.807) is 0 Å². The lowest BCUT2D eigenvalue weighted by molar-refractivity contribution is 0.0698. The second-order valence-corrected chi connectivity index (χ2v) is 4.65. The van der Waals surface area contributed by atoms with Crippen molar-refractivity contribution in [3.05, 3.63) is 46.1 Å². The molecule has 0 amide bonds. The molecule has 0 atom stereocenters. The number of carboxylic acid groups (broad SMARTS) is 1. The van der Waals surface area contributed by atoms with Gasteiger partial charge in [-0.05, 0) is 28.1 Å². The van der Waals surface area contributed by atoms with E-state index < -0.39 is 17.6 Å². The average Bonchev–Trinajstić information content (AvgIpc) is 2.37. The van der Waals surface area contributed by atoms with Gasteiger partial charge in [-0.3, -0.25) is 0 Å². The predicted molar refractivity (Wildman–Crippen MR) is 72.9 cm³/mol. The van der Waals surface area contributed by atoms with Crippen molar-refractivity contribution in [3.8, 4) is 0 Å². The lowest BCUT2D eigenvalue weighted by atomic mass is 10.2. The fourth-order valence-electron chi connectivity index (χ4n) is 1.51. The summed E-state index contributed by atoms with van der Waals surface area (Å²) in [6, 6.07) is 3.06. The monoisotopic (exact) mass is 343 g/mol. The van der Waals surface area contributed by atoms with E-state index in [1.165, 1.54) is 12.3 Å². The SMILES string of the molecule is Nc1c(C(=O)O)ccnc1Nc1cc(F)c(Br)cc1F. The van der Waals surface area contributed by atoms with Crippen molar-refractivity contribution in [2.75, 3.05) is 11.1 Å². The van der Waals surface area contributed by atoms with Crippen LogP contribution in [0.3, 0.4) is 0 Å². The van der Waals surface area contributed by atoms with Crippen molar-refractivity contribution in [3.63, 3.8) is 0 Å². The third-order valence-electron chi connectivity index (χ3n) is 2.48. The first kappa shape index (κ1) is 14.2. The highest BCUT2D eigenvalue weighted by atomic mass is 79.9. The maximum absolute atomic E-state index is 13.7. The number of hydrogen-bond acceptors (Lipinski definition) is 4. The highest BCUT2D eigenvalue weighted by Crippen LogP contribution is 2.28. The van der Waals surface area contributed by atoms with Gasteiger partial charge in [-0.15, -0.1) is 0 Å². The van der Waals surface area contributed by atoms with Crippen LogP contribution in [0.1, 0.15) is 10.4 Å². The quantitative estimate of drug-likeness (QED) is 0.745. The van der Waals surface area contributed by atoms with Crippen molar-refractivity contribution >= 4 is 39.1 Å². The Kier molecular flexibility index (Phi) is 3.84. The molecule has 0 radical (unpaired) electrons. The Bertz CT molecular complexity index is 695. The summed E-state index contributed by atoms with van der Waals surface area (Å²) in [6.45, 7) is 0. The Hall–Kier alpha value is -2.22.